The largest absolute Gasteiger partial charge is 0.393 e. The Morgan fingerprint density at radius 3 is 2.62 bits per heavy atom. The summed E-state index contributed by atoms with van der Waals surface area (Å²) in [5.41, 5.74) is 3.18. The quantitative estimate of drug-likeness (QED) is 0.744. The van der Waals surface area contributed by atoms with Crippen molar-refractivity contribution in [2.45, 2.75) is 39.3 Å². The van der Waals surface area contributed by atoms with Crippen molar-refractivity contribution in [1.29, 1.82) is 0 Å². The molecule has 2 N–H and O–H groups in total. The number of fused-ring (bicyclic) bond motifs is 1. The Bertz CT molecular complexity index is 983. The minimum Gasteiger partial charge on any atom is -0.393 e. The molecule has 2 aromatic heterocycles. The maximum Gasteiger partial charge on any atom is 0.260 e. The predicted molar refractivity (Wildman–Crippen MR) is 106 cm³/mol. The number of nitrogens with one attached hydrogen (secondary N) is 1. The van der Waals surface area contributed by atoms with Crippen molar-refractivity contribution in [3.8, 4) is 11.1 Å². The number of aliphatic hydroxyl groups is 1. The molecule has 0 atom stereocenters. The Morgan fingerprint density at radius 1 is 1.23 bits per heavy atom. The van der Waals surface area contributed by atoms with E-state index in [-0.39, 0.29) is 11.7 Å². The lowest BCUT2D eigenvalue weighted by Crippen LogP contribution is -2.36. The maximum absolute atomic E-state index is 12.8. The molecular weight excluding hydrogens is 346 g/mol. The van der Waals surface area contributed by atoms with Gasteiger partial charge in [-0.05, 0) is 32.3 Å². The third-order valence-corrected chi connectivity index (χ3v) is 6.06. The molecule has 3 aromatic rings. The van der Waals surface area contributed by atoms with Gasteiger partial charge in [-0.25, -0.2) is 4.98 Å². The summed E-state index contributed by atoms with van der Waals surface area (Å²) in [6, 6.07) is 8.27. The molecule has 4 rings (SSSR count). The number of hydrogen-bond donors (Lipinski definition) is 2. The fraction of sp³-hybridized carbons (Fsp3) is 0.400. The van der Waals surface area contributed by atoms with Gasteiger partial charge in [0.15, 0.2) is 0 Å². The molecule has 0 radical (unpaired) electrons. The number of H-pyrrole nitrogens is 1. The van der Waals surface area contributed by atoms with Crippen LogP contribution >= 0.6 is 11.3 Å². The van der Waals surface area contributed by atoms with E-state index in [9.17, 15) is 9.90 Å². The molecule has 0 unspecified atom stereocenters. The van der Waals surface area contributed by atoms with Crippen LogP contribution in [0.4, 0.5) is 0 Å². The van der Waals surface area contributed by atoms with Crippen LogP contribution in [0.5, 0.6) is 0 Å². The zero-order chi connectivity index (χ0) is 18.3. The highest BCUT2D eigenvalue weighted by molar-refractivity contribution is 7.19. The van der Waals surface area contributed by atoms with Crippen LogP contribution in [0.3, 0.4) is 0 Å². The Morgan fingerprint density at radius 2 is 1.92 bits per heavy atom. The number of thiophene rings is 1. The molecule has 26 heavy (non-hydrogen) atoms. The van der Waals surface area contributed by atoms with Crippen LogP contribution in [-0.4, -0.2) is 39.2 Å². The van der Waals surface area contributed by atoms with E-state index in [4.69, 9.17) is 4.98 Å². The maximum atomic E-state index is 12.8. The zero-order valence-electron chi connectivity index (χ0n) is 15.1. The standard InChI is InChI=1S/C20H23N3O2S/c1-12-3-5-14(6-4-12)17-13(2)26-20-18(17)19(25)21-16(22-20)11-23-9-7-15(24)8-10-23/h3-6,15,24H,7-11H2,1-2H3,(H,21,22,25). The molecule has 1 fully saturated rings. The van der Waals surface area contributed by atoms with Gasteiger partial charge in [0, 0.05) is 23.5 Å². The van der Waals surface area contributed by atoms with Crippen molar-refractivity contribution in [1.82, 2.24) is 14.9 Å². The molecule has 0 aliphatic carbocycles. The molecule has 1 aliphatic heterocycles. The summed E-state index contributed by atoms with van der Waals surface area (Å²) >= 11 is 1.58. The molecule has 0 bridgehead atoms. The first-order valence-electron chi connectivity index (χ1n) is 9.01. The highest BCUT2D eigenvalue weighted by Gasteiger charge is 2.20. The molecule has 1 aromatic carbocycles. The lowest BCUT2D eigenvalue weighted by Gasteiger charge is -2.28. The summed E-state index contributed by atoms with van der Waals surface area (Å²) < 4.78 is 0. The van der Waals surface area contributed by atoms with Gasteiger partial charge in [-0.2, -0.15) is 0 Å². The molecule has 0 saturated carbocycles. The number of hydrogen-bond acceptors (Lipinski definition) is 5. The van der Waals surface area contributed by atoms with Crippen LogP contribution in [-0.2, 0) is 6.54 Å². The first-order valence-corrected chi connectivity index (χ1v) is 9.82. The number of rotatable bonds is 3. The molecule has 0 amide bonds. The third kappa shape index (κ3) is 3.32. The molecular formula is C20H23N3O2S. The third-order valence-electron chi connectivity index (χ3n) is 5.06. The number of nitrogens with zero attached hydrogens (tertiary/aromatic N) is 2. The fourth-order valence-corrected chi connectivity index (χ4v) is 4.66. The van der Waals surface area contributed by atoms with Crippen LogP contribution in [0.2, 0.25) is 0 Å². The predicted octanol–water partition coefficient (Wildman–Crippen LogP) is 3.23. The van der Waals surface area contributed by atoms with Gasteiger partial charge in [-0.1, -0.05) is 29.8 Å². The number of aryl methyl sites for hydroxylation is 2. The SMILES string of the molecule is Cc1ccc(-c2c(C)sc3nc(CN4CCC(O)CC4)[nH]c(=O)c23)cc1. The number of piperidine rings is 1. The van der Waals surface area contributed by atoms with E-state index in [2.05, 4.69) is 41.1 Å². The number of aromatic amines is 1. The summed E-state index contributed by atoms with van der Waals surface area (Å²) in [6.07, 6.45) is 1.36. The van der Waals surface area contributed by atoms with E-state index in [1.54, 1.807) is 11.3 Å². The number of aliphatic hydroxyl groups excluding tert-OH is 1. The topological polar surface area (TPSA) is 69.2 Å². The summed E-state index contributed by atoms with van der Waals surface area (Å²) in [4.78, 5) is 24.7. The van der Waals surface area contributed by atoms with Crippen molar-refractivity contribution in [3.63, 3.8) is 0 Å². The Balaban J connectivity index is 1.70. The highest BCUT2D eigenvalue weighted by Crippen LogP contribution is 2.35. The smallest absolute Gasteiger partial charge is 0.260 e. The van der Waals surface area contributed by atoms with E-state index in [1.807, 2.05) is 6.92 Å². The van der Waals surface area contributed by atoms with Crippen molar-refractivity contribution in [3.05, 3.63) is 50.9 Å². The number of benzene rings is 1. The van der Waals surface area contributed by atoms with E-state index in [0.717, 1.165) is 46.8 Å². The average molecular weight is 369 g/mol. The van der Waals surface area contributed by atoms with Gasteiger partial charge < -0.3 is 10.1 Å². The lowest BCUT2D eigenvalue weighted by molar-refractivity contribution is 0.0780. The van der Waals surface area contributed by atoms with Gasteiger partial charge in [-0.3, -0.25) is 9.69 Å². The minimum absolute atomic E-state index is 0.0676. The average Bonchev–Trinajstić information content (AvgIpc) is 2.94. The molecule has 0 spiro atoms. The molecule has 5 nitrogen and oxygen atoms in total. The van der Waals surface area contributed by atoms with Gasteiger partial charge >= 0.3 is 0 Å². The van der Waals surface area contributed by atoms with Crippen LogP contribution < -0.4 is 5.56 Å². The van der Waals surface area contributed by atoms with Crippen molar-refractivity contribution in [2.75, 3.05) is 13.1 Å². The van der Waals surface area contributed by atoms with Crippen LogP contribution in [0.1, 0.15) is 29.1 Å². The first kappa shape index (κ1) is 17.4. The monoisotopic (exact) mass is 369 g/mol. The molecule has 6 heteroatoms. The minimum atomic E-state index is -0.197. The lowest BCUT2D eigenvalue weighted by atomic mass is 10.0. The summed E-state index contributed by atoms with van der Waals surface area (Å²) in [5, 5.41) is 10.3. The second-order valence-corrected chi connectivity index (χ2v) is 8.30. The molecule has 3 heterocycles. The molecule has 1 aliphatic rings. The van der Waals surface area contributed by atoms with Crippen LogP contribution in [0.15, 0.2) is 29.1 Å². The van der Waals surface area contributed by atoms with Gasteiger partial charge in [0.05, 0.1) is 18.0 Å². The van der Waals surface area contributed by atoms with Crippen LogP contribution in [0, 0.1) is 13.8 Å². The molecule has 136 valence electrons. The van der Waals surface area contributed by atoms with E-state index in [0.29, 0.717) is 17.8 Å². The fourth-order valence-electron chi connectivity index (χ4n) is 3.60. The van der Waals surface area contributed by atoms with Crippen molar-refractivity contribution in [2.24, 2.45) is 0 Å². The second kappa shape index (κ2) is 6.95. The Kier molecular flexibility index (Phi) is 4.65. The molecule has 1 saturated heterocycles. The Labute approximate surface area is 156 Å². The van der Waals surface area contributed by atoms with E-state index >= 15 is 0 Å². The summed E-state index contributed by atoms with van der Waals surface area (Å²) in [6.45, 7) is 6.39. The van der Waals surface area contributed by atoms with E-state index in [1.165, 1.54) is 5.56 Å². The summed E-state index contributed by atoms with van der Waals surface area (Å²) in [5.74, 6) is 0.704. The van der Waals surface area contributed by atoms with E-state index < -0.39 is 0 Å². The van der Waals surface area contributed by atoms with Crippen molar-refractivity contribution >= 4 is 21.6 Å². The van der Waals surface area contributed by atoms with Crippen LogP contribution in [0.25, 0.3) is 21.3 Å². The second-order valence-electron chi connectivity index (χ2n) is 7.10. The number of aromatic nitrogens is 2. The van der Waals surface area contributed by atoms with Gasteiger partial charge in [0.1, 0.15) is 10.7 Å². The van der Waals surface area contributed by atoms with Crippen molar-refractivity contribution < 1.29 is 5.11 Å². The normalized spacial score (nSPS) is 16.4. The zero-order valence-corrected chi connectivity index (χ0v) is 15.9. The summed E-state index contributed by atoms with van der Waals surface area (Å²) in [7, 11) is 0. The van der Waals surface area contributed by atoms with Gasteiger partial charge in [0.25, 0.3) is 5.56 Å². The van der Waals surface area contributed by atoms with Gasteiger partial charge in [-0.15, -0.1) is 11.3 Å². The Hall–Kier alpha value is -2.02. The van der Waals surface area contributed by atoms with Gasteiger partial charge in [0.2, 0.25) is 0 Å². The number of likely N-dealkylation sites (tertiary alicyclic amines) is 1. The first-order chi connectivity index (χ1) is 12.5. The highest BCUT2D eigenvalue weighted by atomic mass is 32.1.